The van der Waals surface area contributed by atoms with Crippen molar-refractivity contribution in [3.8, 4) is 17.2 Å². The molecule has 1 fully saturated rings. The van der Waals surface area contributed by atoms with Crippen molar-refractivity contribution in [2.75, 3.05) is 65.6 Å². The number of para-hydroxylation sites is 2. The van der Waals surface area contributed by atoms with Gasteiger partial charge in [0.1, 0.15) is 5.75 Å². The Hall–Kier alpha value is -2.44. The van der Waals surface area contributed by atoms with Crippen molar-refractivity contribution in [3.05, 3.63) is 47.5 Å². The molecular formula is C24H32N2O4. The standard InChI is InChI=1S/C24H32N2O4/c1-27-21-9-5-4-8-20(21)26-12-10-25(11-13-26)17-24-19-16-23(29-3)22(28-2)15-18(19)7-6-14-30-24/h4-5,8-9,15-16,24H,6-7,10-14,17H2,1-3H3. The zero-order valence-corrected chi connectivity index (χ0v) is 18.2. The summed E-state index contributed by atoms with van der Waals surface area (Å²) in [6.07, 6.45) is 2.09. The van der Waals surface area contributed by atoms with Crippen LogP contribution >= 0.6 is 0 Å². The maximum absolute atomic E-state index is 6.28. The van der Waals surface area contributed by atoms with Gasteiger partial charge in [-0.3, -0.25) is 4.90 Å². The summed E-state index contributed by atoms with van der Waals surface area (Å²) >= 11 is 0. The first kappa shape index (κ1) is 20.8. The van der Waals surface area contributed by atoms with Crippen molar-refractivity contribution in [1.29, 1.82) is 0 Å². The van der Waals surface area contributed by atoms with Crippen LogP contribution < -0.4 is 19.1 Å². The molecular weight excluding hydrogens is 380 g/mol. The Bertz CT molecular complexity index is 849. The van der Waals surface area contributed by atoms with Gasteiger partial charge >= 0.3 is 0 Å². The fourth-order valence-electron chi connectivity index (χ4n) is 4.48. The molecule has 0 aliphatic carbocycles. The molecule has 2 aliphatic rings. The average Bonchev–Trinajstić information content (AvgIpc) is 3.00. The summed E-state index contributed by atoms with van der Waals surface area (Å²) in [7, 11) is 5.11. The van der Waals surface area contributed by atoms with Crippen LogP contribution in [0.2, 0.25) is 0 Å². The number of ether oxygens (including phenoxy) is 4. The Labute approximate surface area is 179 Å². The first-order chi connectivity index (χ1) is 14.7. The number of nitrogens with zero attached hydrogens (tertiary/aromatic N) is 2. The summed E-state index contributed by atoms with van der Waals surface area (Å²) in [6, 6.07) is 12.5. The van der Waals surface area contributed by atoms with E-state index >= 15 is 0 Å². The van der Waals surface area contributed by atoms with Crippen LogP contribution in [0.15, 0.2) is 36.4 Å². The minimum absolute atomic E-state index is 0.0557. The second-order valence-corrected chi connectivity index (χ2v) is 7.83. The maximum Gasteiger partial charge on any atom is 0.161 e. The van der Waals surface area contributed by atoms with Crippen LogP contribution in [0.5, 0.6) is 17.2 Å². The molecule has 4 rings (SSSR count). The van der Waals surface area contributed by atoms with E-state index in [0.717, 1.165) is 69.4 Å². The van der Waals surface area contributed by atoms with Crippen LogP contribution in [0.4, 0.5) is 5.69 Å². The van der Waals surface area contributed by atoms with Gasteiger partial charge in [0.2, 0.25) is 0 Å². The van der Waals surface area contributed by atoms with Crippen molar-refractivity contribution in [2.45, 2.75) is 18.9 Å². The highest BCUT2D eigenvalue weighted by molar-refractivity contribution is 5.58. The van der Waals surface area contributed by atoms with Crippen LogP contribution in [0.3, 0.4) is 0 Å². The SMILES string of the molecule is COc1cc2c(cc1OC)C(CN1CCN(c3ccccc3OC)CC1)OCCC2. The molecule has 6 heteroatoms. The highest BCUT2D eigenvalue weighted by atomic mass is 16.5. The number of aryl methyl sites for hydroxylation is 1. The van der Waals surface area contributed by atoms with Crippen molar-refractivity contribution in [3.63, 3.8) is 0 Å². The van der Waals surface area contributed by atoms with E-state index in [9.17, 15) is 0 Å². The number of rotatable bonds is 6. The first-order valence-electron chi connectivity index (χ1n) is 10.7. The molecule has 1 unspecified atom stereocenters. The van der Waals surface area contributed by atoms with Gasteiger partial charge in [-0.2, -0.15) is 0 Å². The molecule has 0 N–H and O–H groups in total. The minimum Gasteiger partial charge on any atom is -0.495 e. The summed E-state index contributed by atoms with van der Waals surface area (Å²) < 4.78 is 22.9. The Morgan fingerprint density at radius 3 is 2.33 bits per heavy atom. The van der Waals surface area contributed by atoms with Crippen molar-refractivity contribution < 1.29 is 18.9 Å². The lowest BCUT2D eigenvalue weighted by Gasteiger charge is -2.38. The minimum atomic E-state index is 0.0557. The molecule has 1 saturated heterocycles. The number of benzene rings is 2. The zero-order valence-electron chi connectivity index (χ0n) is 18.2. The second-order valence-electron chi connectivity index (χ2n) is 7.83. The van der Waals surface area contributed by atoms with Gasteiger partial charge in [0.25, 0.3) is 0 Å². The van der Waals surface area contributed by atoms with Gasteiger partial charge in [-0.1, -0.05) is 12.1 Å². The lowest BCUT2D eigenvalue weighted by atomic mass is 9.98. The zero-order chi connectivity index (χ0) is 20.9. The van der Waals surface area contributed by atoms with E-state index in [1.807, 2.05) is 12.1 Å². The van der Waals surface area contributed by atoms with Gasteiger partial charge in [0, 0.05) is 39.3 Å². The number of piperazine rings is 1. The monoisotopic (exact) mass is 412 g/mol. The summed E-state index contributed by atoms with van der Waals surface area (Å²) in [4.78, 5) is 4.91. The number of hydrogen-bond donors (Lipinski definition) is 0. The smallest absolute Gasteiger partial charge is 0.161 e. The summed E-state index contributed by atoms with van der Waals surface area (Å²) in [6.45, 7) is 5.63. The number of methoxy groups -OCH3 is 3. The van der Waals surface area contributed by atoms with Crippen molar-refractivity contribution in [1.82, 2.24) is 4.90 Å². The molecule has 6 nitrogen and oxygen atoms in total. The van der Waals surface area contributed by atoms with Gasteiger partial charge in [-0.15, -0.1) is 0 Å². The summed E-state index contributed by atoms with van der Waals surface area (Å²) in [5.41, 5.74) is 3.72. The predicted octanol–water partition coefficient (Wildman–Crippen LogP) is 3.54. The molecule has 0 amide bonds. The van der Waals surface area contributed by atoms with Crippen LogP contribution in [-0.2, 0) is 11.2 Å². The first-order valence-corrected chi connectivity index (χ1v) is 10.7. The third-order valence-corrected chi connectivity index (χ3v) is 6.12. The summed E-state index contributed by atoms with van der Waals surface area (Å²) in [5, 5.41) is 0. The molecule has 30 heavy (non-hydrogen) atoms. The van der Waals surface area contributed by atoms with Crippen LogP contribution in [0, 0.1) is 0 Å². The van der Waals surface area contributed by atoms with Gasteiger partial charge < -0.3 is 23.8 Å². The molecule has 2 aromatic carbocycles. The van der Waals surface area contributed by atoms with Crippen LogP contribution in [0.1, 0.15) is 23.7 Å². The highest BCUT2D eigenvalue weighted by Gasteiger charge is 2.27. The van der Waals surface area contributed by atoms with Crippen molar-refractivity contribution in [2.24, 2.45) is 0 Å². The van der Waals surface area contributed by atoms with Gasteiger partial charge in [0.15, 0.2) is 11.5 Å². The van der Waals surface area contributed by atoms with E-state index in [0.29, 0.717) is 0 Å². The van der Waals surface area contributed by atoms with E-state index < -0.39 is 0 Å². The van der Waals surface area contributed by atoms with Crippen LogP contribution in [-0.4, -0.2) is 65.6 Å². The molecule has 0 spiro atoms. The van der Waals surface area contributed by atoms with E-state index in [1.54, 1.807) is 21.3 Å². The predicted molar refractivity (Wildman–Crippen MR) is 118 cm³/mol. The Balaban J connectivity index is 1.45. The van der Waals surface area contributed by atoms with Gasteiger partial charge in [-0.05, 0) is 48.2 Å². The molecule has 2 aromatic rings. The molecule has 0 radical (unpaired) electrons. The largest absolute Gasteiger partial charge is 0.495 e. The fourth-order valence-corrected chi connectivity index (χ4v) is 4.48. The number of anilines is 1. The average molecular weight is 413 g/mol. The normalized spacial score (nSPS) is 19.7. The number of hydrogen-bond acceptors (Lipinski definition) is 6. The van der Waals surface area contributed by atoms with Crippen LogP contribution in [0.25, 0.3) is 0 Å². The molecule has 0 saturated carbocycles. The molecule has 0 bridgehead atoms. The second kappa shape index (κ2) is 9.58. The molecule has 0 aromatic heterocycles. The highest BCUT2D eigenvalue weighted by Crippen LogP contribution is 2.37. The Morgan fingerprint density at radius 1 is 0.900 bits per heavy atom. The number of fused-ring (bicyclic) bond motifs is 1. The van der Waals surface area contributed by atoms with Crippen molar-refractivity contribution >= 4 is 5.69 Å². The maximum atomic E-state index is 6.28. The molecule has 2 aliphatic heterocycles. The lowest BCUT2D eigenvalue weighted by molar-refractivity contribution is 0.0268. The van der Waals surface area contributed by atoms with E-state index in [4.69, 9.17) is 18.9 Å². The molecule has 162 valence electrons. The topological polar surface area (TPSA) is 43.4 Å². The van der Waals surface area contributed by atoms with Gasteiger partial charge in [-0.25, -0.2) is 0 Å². The molecule has 1 atom stereocenters. The van der Waals surface area contributed by atoms with E-state index in [2.05, 4.69) is 34.1 Å². The Kier molecular flexibility index (Phi) is 6.65. The Morgan fingerprint density at radius 2 is 1.60 bits per heavy atom. The third kappa shape index (κ3) is 4.35. The van der Waals surface area contributed by atoms with E-state index in [1.165, 1.54) is 16.8 Å². The third-order valence-electron chi connectivity index (χ3n) is 6.12. The van der Waals surface area contributed by atoms with E-state index in [-0.39, 0.29) is 6.10 Å². The molecule has 2 heterocycles. The summed E-state index contributed by atoms with van der Waals surface area (Å²) in [5.74, 6) is 2.50. The quantitative estimate of drug-likeness (QED) is 0.723. The fraction of sp³-hybridized carbons (Fsp3) is 0.500. The lowest BCUT2D eigenvalue weighted by Crippen LogP contribution is -2.47. The van der Waals surface area contributed by atoms with Gasteiger partial charge in [0.05, 0.1) is 33.1 Å².